The van der Waals surface area contributed by atoms with E-state index < -0.39 is 15.3 Å². The zero-order chi connectivity index (χ0) is 13.8. The Hall–Kier alpha value is -0.730. The van der Waals surface area contributed by atoms with E-state index >= 15 is 0 Å². The van der Waals surface area contributed by atoms with Gasteiger partial charge in [0.15, 0.2) is 0 Å². The predicted molar refractivity (Wildman–Crippen MR) is 73.5 cm³/mol. The zero-order valence-corrected chi connectivity index (χ0v) is 11.9. The molecule has 0 spiro atoms. The Morgan fingerprint density at radius 1 is 1.44 bits per heavy atom. The van der Waals surface area contributed by atoms with E-state index in [0.29, 0.717) is 6.42 Å². The van der Waals surface area contributed by atoms with Crippen molar-refractivity contribution in [3.63, 3.8) is 0 Å². The molecule has 0 saturated heterocycles. The lowest BCUT2D eigenvalue weighted by Crippen LogP contribution is -2.44. The summed E-state index contributed by atoms with van der Waals surface area (Å²) in [6.45, 7) is 2.14. The van der Waals surface area contributed by atoms with E-state index in [4.69, 9.17) is 18.0 Å². The van der Waals surface area contributed by atoms with Crippen LogP contribution in [-0.4, -0.2) is 37.7 Å². The van der Waals surface area contributed by atoms with E-state index in [9.17, 15) is 13.2 Å². The second-order valence-corrected chi connectivity index (χ2v) is 6.72. The van der Waals surface area contributed by atoms with Crippen molar-refractivity contribution >= 4 is 33.1 Å². The SMILES string of the molecule is CCC(C(N)=S)S(=O)(=O)NCCNC(=O)C1CC1. The van der Waals surface area contributed by atoms with Gasteiger partial charge in [0.05, 0.1) is 4.99 Å². The number of hydrogen-bond donors (Lipinski definition) is 3. The molecule has 104 valence electrons. The van der Waals surface area contributed by atoms with Crippen molar-refractivity contribution in [2.75, 3.05) is 13.1 Å². The van der Waals surface area contributed by atoms with E-state index in [2.05, 4.69) is 10.0 Å². The number of amides is 1. The fourth-order valence-corrected chi connectivity index (χ4v) is 3.42. The first-order chi connectivity index (χ1) is 8.38. The van der Waals surface area contributed by atoms with Gasteiger partial charge in [-0.1, -0.05) is 19.1 Å². The lowest BCUT2D eigenvalue weighted by Gasteiger charge is -2.15. The van der Waals surface area contributed by atoms with Crippen LogP contribution in [0.15, 0.2) is 0 Å². The molecule has 1 amide bonds. The molecule has 1 fully saturated rings. The lowest BCUT2D eigenvalue weighted by molar-refractivity contribution is -0.122. The minimum absolute atomic E-state index is 0.00409. The van der Waals surface area contributed by atoms with Gasteiger partial charge in [0.1, 0.15) is 5.25 Å². The van der Waals surface area contributed by atoms with Crippen LogP contribution in [0.4, 0.5) is 0 Å². The number of carbonyl (C=O) groups is 1. The van der Waals surface area contributed by atoms with Crippen LogP contribution in [0, 0.1) is 5.92 Å². The standard InChI is InChI=1S/C10H19N3O3S2/c1-2-8(9(11)17)18(15,16)13-6-5-12-10(14)7-3-4-7/h7-8,13H,2-6H2,1H3,(H2,11,17)(H,12,14). The molecule has 1 aliphatic carbocycles. The average molecular weight is 293 g/mol. The third-order valence-corrected chi connectivity index (χ3v) is 5.11. The topological polar surface area (TPSA) is 101 Å². The van der Waals surface area contributed by atoms with Crippen molar-refractivity contribution in [1.29, 1.82) is 0 Å². The number of thiocarbonyl (C=S) groups is 1. The Bertz CT molecular complexity index is 418. The number of nitrogens with two attached hydrogens (primary N) is 1. The second kappa shape index (κ2) is 6.44. The highest BCUT2D eigenvalue weighted by molar-refractivity contribution is 7.93. The predicted octanol–water partition coefficient (Wildman–Crippen LogP) is -0.503. The molecule has 0 aromatic rings. The summed E-state index contributed by atoms with van der Waals surface area (Å²) < 4.78 is 26.0. The molecule has 0 heterocycles. The van der Waals surface area contributed by atoms with Gasteiger partial charge in [0.2, 0.25) is 15.9 Å². The summed E-state index contributed by atoms with van der Waals surface area (Å²) in [5.41, 5.74) is 5.38. The minimum atomic E-state index is -3.54. The molecule has 8 heteroatoms. The molecule has 0 aromatic heterocycles. The van der Waals surface area contributed by atoms with Gasteiger partial charge >= 0.3 is 0 Å². The maximum Gasteiger partial charge on any atom is 0.223 e. The van der Waals surface area contributed by atoms with Crippen molar-refractivity contribution in [3.05, 3.63) is 0 Å². The molecular formula is C10H19N3O3S2. The van der Waals surface area contributed by atoms with Gasteiger partial charge in [-0.2, -0.15) is 0 Å². The van der Waals surface area contributed by atoms with E-state index in [1.807, 2.05) is 0 Å². The van der Waals surface area contributed by atoms with Crippen molar-refractivity contribution in [2.45, 2.75) is 31.4 Å². The first kappa shape index (κ1) is 15.3. The summed E-state index contributed by atoms with van der Waals surface area (Å²) in [4.78, 5) is 11.3. The van der Waals surface area contributed by atoms with Gasteiger partial charge in [0.25, 0.3) is 0 Å². The molecule has 1 saturated carbocycles. The third-order valence-electron chi connectivity index (χ3n) is 2.74. The van der Waals surface area contributed by atoms with E-state index in [1.165, 1.54) is 0 Å². The summed E-state index contributed by atoms with van der Waals surface area (Å²) in [6.07, 6.45) is 2.19. The molecule has 1 aliphatic rings. The van der Waals surface area contributed by atoms with Gasteiger partial charge in [0, 0.05) is 19.0 Å². The maximum atomic E-state index is 11.8. The molecule has 1 atom stereocenters. The monoisotopic (exact) mass is 293 g/mol. The van der Waals surface area contributed by atoms with Gasteiger partial charge in [-0.15, -0.1) is 0 Å². The van der Waals surface area contributed by atoms with Gasteiger partial charge in [-0.3, -0.25) is 4.79 Å². The van der Waals surface area contributed by atoms with Crippen LogP contribution in [0.1, 0.15) is 26.2 Å². The molecule has 0 bridgehead atoms. The molecule has 18 heavy (non-hydrogen) atoms. The Morgan fingerprint density at radius 2 is 2.06 bits per heavy atom. The number of nitrogens with one attached hydrogen (secondary N) is 2. The highest BCUT2D eigenvalue weighted by atomic mass is 32.2. The first-order valence-electron chi connectivity index (χ1n) is 5.94. The first-order valence-corrected chi connectivity index (χ1v) is 7.89. The van der Waals surface area contributed by atoms with Crippen LogP contribution in [0.5, 0.6) is 0 Å². The number of rotatable bonds is 8. The molecule has 0 aliphatic heterocycles. The fourth-order valence-electron chi connectivity index (χ4n) is 1.54. The van der Waals surface area contributed by atoms with Crippen LogP contribution in [0.25, 0.3) is 0 Å². The maximum absolute atomic E-state index is 11.8. The molecule has 0 radical (unpaired) electrons. The van der Waals surface area contributed by atoms with Crippen molar-refractivity contribution in [3.8, 4) is 0 Å². The minimum Gasteiger partial charge on any atom is -0.392 e. The Morgan fingerprint density at radius 3 is 2.50 bits per heavy atom. The van der Waals surface area contributed by atoms with Crippen LogP contribution in [0.3, 0.4) is 0 Å². The Labute approximate surface area is 113 Å². The second-order valence-electron chi connectivity index (χ2n) is 4.30. The molecule has 1 rings (SSSR count). The summed E-state index contributed by atoms with van der Waals surface area (Å²) in [7, 11) is -3.54. The quantitative estimate of drug-likeness (QED) is 0.413. The fraction of sp³-hybridized carbons (Fsp3) is 0.800. The summed E-state index contributed by atoms with van der Waals surface area (Å²) >= 11 is 4.72. The van der Waals surface area contributed by atoms with Crippen molar-refractivity contribution in [2.24, 2.45) is 11.7 Å². The average Bonchev–Trinajstić information content (AvgIpc) is 3.07. The molecule has 0 aromatic carbocycles. The Kier molecular flexibility index (Phi) is 5.48. The summed E-state index contributed by atoms with van der Waals surface area (Å²) in [5, 5.41) is 1.82. The lowest BCUT2D eigenvalue weighted by atomic mass is 10.3. The molecule has 6 nitrogen and oxygen atoms in total. The molecular weight excluding hydrogens is 274 g/mol. The van der Waals surface area contributed by atoms with Gasteiger partial charge < -0.3 is 11.1 Å². The summed E-state index contributed by atoms with van der Waals surface area (Å²) in [5.74, 6) is 0.122. The van der Waals surface area contributed by atoms with Crippen LogP contribution >= 0.6 is 12.2 Å². The smallest absolute Gasteiger partial charge is 0.223 e. The van der Waals surface area contributed by atoms with Crippen molar-refractivity contribution < 1.29 is 13.2 Å². The molecule has 1 unspecified atom stereocenters. The number of hydrogen-bond acceptors (Lipinski definition) is 4. The largest absolute Gasteiger partial charge is 0.392 e. The number of carbonyl (C=O) groups excluding carboxylic acids is 1. The number of sulfonamides is 1. The van der Waals surface area contributed by atoms with Crippen LogP contribution in [0.2, 0.25) is 0 Å². The molecule has 4 N–H and O–H groups in total. The van der Waals surface area contributed by atoms with Gasteiger partial charge in [-0.25, -0.2) is 13.1 Å². The Balaban J connectivity index is 2.32. The van der Waals surface area contributed by atoms with Gasteiger partial charge in [-0.05, 0) is 19.3 Å². The normalized spacial score (nSPS) is 17.2. The third kappa shape index (κ3) is 4.51. The van der Waals surface area contributed by atoms with Crippen LogP contribution in [-0.2, 0) is 14.8 Å². The van der Waals surface area contributed by atoms with Crippen LogP contribution < -0.4 is 15.8 Å². The highest BCUT2D eigenvalue weighted by Crippen LogP contribution is 2.28. The zero-order valence-electron chi connectivity index (χ0n) is 10.3. The van der Waals surface area contributed by atoms with E-state index in [0.717, 1.165) is 12.8 Å². The van der Waals surface area contributed by atoms with E-state index in [-0.39, 0.29) is 29.9 Å². The highest BCUT2D eigenvalue weighted by Gasteiger charge is 2.29. The van der Waals surface area contributed by atoms with Crippen molar-refractivity contribution in [1.82, 2.24) is 10.0 Å². The summed E-state index contributed by atoms with van der Waals surface area (Å²) in [6, 6.07) is 0. The van der Waals surface area contributed by atoms with E-state index in [1.54, 1.807) is 6.92 Å².